The lowest BCUT2D eigenvalue weighted by molar-refractivity contribution is -0.0172. The van der Waals surface area contributed by atoms with E-state index in [-0.39, 0.29) is 0 Å². The zero-order valence-electron chi connectivity index (χ0n) is 7.22. The number of hydrogen-bond donors (Lipinski definition) is 5. The molecule has 1 aliphatic rings. The van der Waals surface area contributed by atoms with Gasteiger partial charge in [0.2, 0.25) is 0 Å². The summed E-state index contributed by atoms with van der Waals surface area (Å²) in [5, 5.41) is 27.2. The molecule has 0 radical (unpaired) electrons. The van der Waals surface area contributed by atoms with Crippen LogP contribution in [0.25, 0.3) is 0 Å². The van der Waals surface area contributed by atoms with Gasteiger partial charge in [0, 0.05) is 0 Å². The van der Waals surface area contributed by atoms with Gasteiger partial charge in [0.25, 0.3) is 0 Å². The van der Waals surface area contributed by atoms with Gasteiger partial charge in [-0.05, 0) is 0 Å². The van der Waals surface area contributed by atoms with Gasteiger partial charge >= 0.3 is 7.60 Å². The molecule has 0 aliphatic carbocycles. The summed E-state index contributed by atoms with van der Waals surface area (Å²) in [6.07, 6.45) is -5.47. The first kappa shape index (κ1) is 12.1. The maximum absolute atomic E-state index is 10.6. The average molecular weight is 228 g/mol. The molecule has 0 spiro atoms. The highest BCUT2D eigenvalue weighted by Crippen LogP contribution is 2.38. The van der Waals surface area contributed by atoms with E-state index in [4.69, 9.17) is 19.6 Å². The van der Waals surface area contributed by atoms with Crippen molar-refractivity contribution in [1.82, 2.24) is 0 Å². The van der Waals surface area contributed by atoms with E-state index in [0.717, 1.165) is 0 Å². The van der Waals surface area contributed by atoms with Crippen molar-refractivity contribution in [2.75, 3.05) is 12.8 Å². The van der Waals surface area contributed by atoms with Crippen LogP contribution in [0.4, 0.5) is 0 Å². The summed E-state index contributed by atoms with van der Waals surface area (Å²) < 4.78 is 15.5. The molecule has 1 heterocycles. The third kappa shape index (κ3) is 2.74. The summed E-state index contributed by atoms with van der Waals surface area (Å²) in [5.74, 6) is 0. The number of rotatable bonds is 3. The molecule has 8 heteroatoms. The van der Waals surface area contributed by atoms with E-state index < -0.39 is 44.8 Å². The molecule has 1 fully saturated rings. The molecule has 0 bridgehead atoms. The smallest absolute Gasteiger partial charge is 0.328 e. The minimum absolute atomic E-state index is 0.504. The molecule has 1 rings (SSSR count). The fourth-order valence-corrected chi connectivity index (χ4v) is 2.13. The first-order valence-corrected chi connectivity index (χ1v) is 5.82. The third-order valence-electron chi connectivity index (χ3n) is 2.06. The topological polar surface area (TPSA) is 127 Å². The second-order valence-electron chi connectivity index (χ2n) is 3.22. The molecule has 84 valence electrons. The van der Waals surface area contributed by atoms with E-state index in [9.17, 15) is 14.8 Å². The molecule has 1 aliphatic heterocycles. The van der Waals surface area contributed by atoms with Gasteiger partial charge in [0.05, 0.1) is 18.9 Å². The van der Waals surface area contributed by atoms with Gasteiger partial charge in [-0.3, -0.25) is 4.57 Å². The largest absolute Gasteiger partial charge is 0.394 e. The quantitative estimate of drug-likeness (QED) is 0.342. The van der Waals surface area contributed by atoms with Crippen molar-refractivity contribution in [3.63, 3.8) is 0 Å². The van der Waals surface area contributed by atoms with Gasteiger partial charge in [0.1, 0.15) is 18.3 Å². The lowest BCUT2D eigenvalue weighted by Gasteiger charge is -2.14. The Morgan fingerprint density at radius 1 is 1.14 bits per heavy atom. The zero-order valence-corrected chi connectivity index (χ0v) is 8.12. The third-order valence-corrected chi connectivity index (χ3v) is 2.89. The van der Waals surface area contributed by atoms with E-state index in [1.165, 1.54) is 0 Å². The van der Waals surface area contributed by atoms with Crippen LogP contribution < -0.4 is 0 Å². The Bertz CT molecular complexity index is 238. The van der Waals surface area contributed by atoms with E-state index in [2.05, 4.69) is 0 Å². The summed E-state index contributed by atoms with van der Waals surface area (Å²) in [4.78, 5) is 17.2. The van der Waals surface area contributed by atoms with Crippen LogP contribution in [0.3, 0.4) is 0 Å². The van der Waals surface area contributed by atoms with Crippen molar-refractivity contribution in [1.29, 1.82) is 0 Å². The van der Waals surface area contributed by atoms with Crippen LogP contribution in [-0.2, 0) is 9.30 Å². The van der Waals surface area contributed by atoms with Gasteiger partial charge < -0.3 is 29.8 Å². The van der Waals surface area contributed by atoms with Gasteiger partial charge in [-0.25, -0.2) is 0 Å². The SMILES string of the molecule is O=P(O)(O)C[C@@H]1O[C@H](CO)[C@@H](O)[C@@H]1O. The molecular formula is C6H13O7P. The highest BCUT2D eigenvalue weighted by atomic mass is 31.2. The standard InChI is InChI=1S/C6H13O7P/c7-1-3-5(8)6(9)4(13-3)2-14(10,11)12/h3-9H,1-2H2,(H2,10,11,12)/t3-,4+,5-,6-/m1/s1. The summed E-state index contributed by atoms with van der Waals surface area (Å²) >= 11 is 0. The van der Waals surface area contributed by atoms with Crippen LogP contribution in [0.15, 0.2) is 0 Å². The monoisotopic (exact) mass is 228 g/mol. The predicted octanol–water partition coefficient (Wildman–Crippen LogP) is -2.35. The number of aliphatic hydroxyl groups excluding tert-OH is 3. The molecule has 5 N–H and O–H groups in total. The Morgan fingerprint density at radius 3 is 2.00 bits per heavy atom. The summed E-state index contributed by atoms with van der Waals surface area (Å²) in [6, 6.07) is 0. The normalized spacial score (nSPS) is 38.9. The van der Waals surface area contributed by atoms with Gasteiger partial charge in [-0.15, -0.1) is 0 Å². The summed E-state index contributed by atoms with van der Waals surface area (Å²) in [7, 11) is -4.29. The molecule has 14 heavy (non-hydrogen) atoms. The molecule has 0 aromatic rings. The zero-order chi connectivity index (χ0) is 10.9. The van der Waals surface area contributed by atoms with E-state index in [1.54, 1.807) is 0 Å². The summed E-state index contributed by atoms with van der Waals surface area (Å²) in [5.41, 5.74) is 0. The first-order chi connectivity index (χ1) is 6.35. The molecular weight excluding hydrogens is 215 g/mol. The van der Waals surface area contributed by atoms with Gasteiger partial charge in [-0.1, -0.05) is 0 Å². The van der Waals surface area contributed by atoms with Gasteiger partial charge in [0.15, 0.2) is 0 Å². The number of aliphatic hydroxyl groups is 3. The van der Waals surface area contributed by atoms with Crippen molar-refractivity contribution in [3.8, 4) is 0 Å². The fraction of sp³-hybridized carbons (Fsp3) is 1.00. The van der Waals surface area contributed by atoms with Crippen LogP contribution in [0.5, 0.6) is 0 Å². The van der Waals surface area contributed by atoms with Gasteiger partial charge in [-0.2, -0.15) is 0 Å². The predicted molar refractivity (Wildman–Crippen MR) is 44.7 cm³/mol. The maximum Gasteiger partial charge on any atom is 0.328 e. The molecule has 0 aromatic heterocycles. The van der Waals surface area contributed by atoms with E-state index in [1.807, 2.05) is 0 Å². The number of hydrogen-bond acceptors (Lipinski definition) is 5. The Balaban J connectivity index is 2.61. The van der Waals surface area contributed by atoms with Crippen molar-refractivity contribution in [2.45, 2.75) is 24.4 Å². The van der Waals surface area contributed by atoms with E-state index in [0.29, 0.717) is 0 Å². The molecule has 0 aromatic carbocycles. The second-order valence-corrected chi connectivity index (χ2v) is 4.92. The van der Waals surface area contributed by atoms with Crippen molar-refractivity contribution >= 4 is 7.60 Å². The lowest BCUT2D eigenvalue weighted by Crippen LogP contribution is -2.34. The van der Waals surface area contributed by atoms with Crippen molar-refractivity contribution in [3.05, 3.63) is 0 Å². The van der Waals surface area contributed by atoms with E-state index >= 15 is 0 Å². The van der Waals surface area contributed by atoms with Crippen LogP contribution in [0.2, 0.25) is 0 Å². The Hall–Kier alpha value is -0.0100. The minimum atomic E-state index is -4.29. The fourth-order valence-electron chi connectivity index (χ4n) is 1.36. The summed E-state index contributed by atoms with van der Waals surface area (Å²) in [6.45, 7) is -0.504. The maximum atomic E-state index is 10.6. The Morgan fingerprint density at radius 2 is 1.64 bits per heavy atom. The minimum Gasteiger partial charge on any atom is -0.394 e. The molecule has 4 atom stereocenters. The van der Waals surface area contributed by atoms with Crippen LogP contribution in [-0.4, -0.2) is 62.3 Å². The molecule has 0 amide bonds. The number of ether oxygens (including phenoxy) is 1. The average Bonchev–Trinajstić information content (AvgIpc) is 2.30. The van der Waals surface area contributed by atoms with Crippen molar-refractivity contribution in [2.24, 2.45) is 0 Å². The molecule has 0 unspecified atom stereocenters. The molecule has 7 nitrogen and oxygen atoms in total. The highest BCUT2D eigenvalue weighted by Gasteiger charge is 2.44. The highest BCUT2D eigenvalue weighted by molar-refractivity contribution is 7.51. The molecule has 0 saturated carbocycles. The lowest BCUT2D eigenvalue weighted by atomic mass is 10.1. The van der Waals surface area contributed by atoms with Crippen LogP contribution in [0, 0.1) is 0 Å². The van der Waals surface area contributed by atoms with Crippen LogP contribution >= 0.6 is 7.60 Å². The Labute approximate surface area is 80.1 Å². The second kappa shape index (κ2) is 4.24. The Kier molecular flexibility index (Phi) is 3.65. The first-order valence-electron chi connectivity index (χ1n) is 4.02. The molecule has 1 saturated heterocycles. The van der Waals surface area contributed by atoms with Crippen molar-refractivity contribution < 1.29 is 34.4 Å². The van der Waals surface area contributed by atoms with Crippen LogP contribution in [0.1, 0.15) is 0 Å².